The highest BCUT2D eigenvalue weighted by atomic mass is 35.5. The van der Waals surface area contributed by atoms with Crippen molar-refractivity contribution in [3.05, 3.63) is 28.3 Å². The van der Waals surface area contributed by atoms with E-state index in [2.05, 4.69) is 30.5 Å². The molecule has 0 aliphatic rings. The van der Waals surface area contributed by atoms with Crippen molar-refractivity contribution in [3.63, 3.8) is 0 Å². The maximum Gasteiger partial charge on any atom is 0.0642 e. The molecule has 0 saturated carbocycles. The Bertz CT molecular complexity index is 300. The fourth-order valence-electron chi connectivity index (χ4n) is 1.62. The minimum Gasteiger partial charge on any atom is -0.384 e. The third kappa shape index (κ3) is 3.73. The van der Waals surface area contributed by atoms with Crippen molar-refractivity contribution in [1.29, 1.82) is 0 Å². The van der Waals surface area contributed by atoms with Crippen molar-refractivity contribution in [3.8, 4) is 0 Å². The Labute approximate surface area is 97.0 Å². The van der Waals surface area contributed by atoms with Gasteiger partial charge in [-0.25, -0.2) is 0 Å². The summed E-state index contributed by atoms with van der Waals surface area (Å²) in [5.41, 5.74) is 3.49. The molecule has 3 heteroatoms. The summed E-state index contributed by atoms with van der Waals surface area (Å²) in [6, 6.07) is 4.14. The molecule has 0 aliphatic carbocycles. The van der Waals surface area contributed by atoms with E-state index in [-0.39, 0.29) is 0 Å². The Balaban J connectivity index is 2.60. The molecule has 2 nitrogen and oxygen atoms in total. The van der Waals surface area contributed by atoms with Crippen LogP contribution in [-0.4, -0.2) is 20.1 Å². The second-order valence-electron chi connectivity index (χ2n) is 3.82. The summed E-state index contributed by atoms with van der Waals surface area (Å²) in [6.07, 6.45) is 1.10. The van der Waals surface area contributed by atoms with E-state index in [0.717, 1.165) is 30.2 Å². The average molecular weight is 227 g/mol. The number of aryl methyl sites for hydroxylation is 2. The van der Waals surface area contributed by atoms with Gasteiger partial charge in [0.25, 0.3) is 0 Å². The fraction of sp³-hybridized carbons (Fsp3) is 0.500. The van der Waals surface area contributed by atoms with Crippen LogP contribution in [0.1, 0.15) is 17.5 Å². The predicted molar refractivity (Wildman–Crippen MR) is 68.0 cm³/mol. The average Bonchev–Trinajstić information content (AvgIpc) is 2.15. The van der Waals surface area contributed by atoms with Gasteiger partial charge in [-0.15, -0.1) is 0 Å². The summed E-state index contributed by atoms with van der Waals surface area (Å²) in [6.45, 7) is 6.11. The van der Waals surface area contributed by atoms with E-state index in [1.165, 1.54) is 11.1 Å². The molecule has 0 fully saturated rings. The Morgan fingerprint density at radius 1 is 1.20 bits per heavy atom. The molecule has 0 spiro atoms. The normalized spacial score (nSPS) is 10.4. The zero-order valence-corrected chi connectivity index (χ0v) is 10.4. The molecular weight excluding hydrogens is 208 g/mol. The first kappa shape index (κ1) is 12.3. The molecule has 0 saturated heterocycles. The third-order valence-electron chi connectivity index (χ3n) is 2.34. The van der Waals surface area contributed by atoms with Gasteiger partial charge in [-0.3, -0.25) is 0 Å². The van der Waals surface area contributed by atoms with Crippen molar-refractivity contribution >= 4 is 17.3 Å². The zero-order chi connectivity index (χ0) is 11.3. The van der Waals surface area contributed by atoms with Gasteiger partial charge in [0, 0.05) is 6.54 Å². The lowest BCUT2D eigenvalue weighted by Gasteiger charge is -2.12. The van der Waals surface area contributed by atoms with Crippen LogP contribution in [0.3, 0.4) is 0 Å². The SMILES string of the molecule is CNCCCNc1c(C)cc(C)cc1Cl. The lowest BCUT2D eigenvalue weighted by atomic mass is 10.1. The lowest BCUT2D eigenvalue weighted by Crippen LogP contribution is -2.13. The lowest BCUT2D eigenvalue weighted by molar-refractivity contribution is 0.748. The van der Waals surface area contributed by atoms with Crippen molar-refractivity contribution in [2.45, 2.75) is 20.3 Å². The van der Waals surface area contributed by atoms with Crippen LogP contribution in [0.2, 0.25) is 5.02 Å². The number of halogens is 1. The van der Waals surface area contributed by atoms with E-state index in [1.54, 1.807) is 0 Å². The Morgan fingerprint density at radius 2 is 1.93 bits per heavy atom. The minimum absolute atomic E-state index is 0.817. The Kier molecular flexibility index (Phi) is 4.92. The summed E-state index contributed by atoms with van der Waals surface area (Å²) < 4.78 is 0. The van der Waals surface area contributed by atoms with Crippen molar-refractivity contribution in [2.75, 3.05) is 25.5 Å². The third-order valence-corrected chi connectivity index (χ3v) is 2.64. The number of anilines is 1. The summed E-state index contributed by atoms with van der Waals surface area (Å²) in [5, 5.41) is 7.31. The first-order valence-corrected chi connectivity index (χ1v) is 5.68. The van der Waals surface area contributed by atoms with Crippen LogP contribution in [0.5, 0.6) is 0 Å². The largest absolute Gasteiger partial charge is 0.384 e. The molecule has 0 atom stereocenters. The van der Waals surface area contributed by atoms with Crippen LogP contribution in [0.15, 0.2) is 12.1 Å². The molecule has 15 heavy (non-hydrogen) atoms. The van der Waals surface area contributed by atoms with Gasteiger partial charge in [-0.2, -0.15) is 0 Å². The topological polar surface area (TPSA) is 24.1 Å². The van der Waals surface area contributed by atoms with Crippen molar-refractivity contribution < 1.29 is 0 Å². The molecule has 0 unspecified atom stereocenters. The van der Waals surface area contributed by atoms with Gasteiger partial charge in [-0.1, -0.05) is 17.7 Å². The maximum absolute atomic E-state index is 6.17. The number of rotatable bonds is 5. The molecular formula is C12H19ClN2. The molecule has 84 valence electrons. The van der Waals surface area contributed by atoms with E-state index >= 15 is 0 Å². The summed E-state index contributed by atoms with van der Waals surface area (Å²) in [4.78, 5) is 0. The molecule has 0 amide bonds. The molecule has 2 N–H and O–H groups in total. The highest BCUT2D eigenvalue weighted by Crippen LogP contribution is 2.26. The summed E-state index contributed by atoms with van der Waals surface area (Å²) >= 11 is 6.17. The molecule has 0 radical (unpaired) electrons. The number of benzene rings is 1. The van der Waals surface area contributed by atoms with Gasteiger partial charge in [0.15, 0.2) is 0 Å². The first-order chi connectivity index (χ1) is 7.15. The van der Waals surface area contributed by atoms with Gasteiger partial charge in [0.05, 0.1) is 10.7 Å². The number of nitrogens with one attached hydrogen (secondary N) is 2. The molecule has 1 aromatic rings. The molecule has 0 aliphatic heterocycles. The van der Waals surface area contributed by atoms with Crippen LogP contribution < -0.4 is 10.6 Å². The van der Waals surface area contributed by atoms with Crippen molar-refractivity contribution in [1.82, 2.24) is 5.32 Å². The van der Waals surface area contributed by atoms with Crippen LogP contribution in [0.25, 0.3) is 0 Å². The highest BCUT2D eigenvalue weighted by molar-refractivity contribution is 6.33. The van der Waals surface area contributed by atoms with Gasteiger partial charge in [0.1, 0.15) is 0 Å². The van der Waals surface area contributed by atoms with E-state index in [9.17, 15) is 0 Å². The quantitative estimate of drug-likeness (QED) is 0.755. The van der Waals surface area contributed by atoms with Crippen molar-refractivity contribution in [2.24, 2.45) is 0 Å². The second-order valence-corrected chi connectivity index (χ2v) is 4.23. The molecule has 0 bridgehead atoms. The van der Waals surface area contributed by atoms with Gasteiger partial charge in [-0.05, 0) is 51.1 Å². The number of hydrogen-bond acceptors (Lipinski definition) is 2. The monoisotopic (exact) mass is 226 g/mol. The molecule has 1 rings (SSSR count). The molecule has 0 aromatic heterocycles. The van der Waals surface area contributed by atoms with Crippen LogP contribution in [0.4, 0.5) is 5.69 Å². The Morgan fingerprint density at radius 3 is 2.53 bits per heavy atom. The van der Waals surface area contributed by atoms with Crippen LogP contribution in [0, 0.1) is 13.8 Å². The maximum atomic E-state index is 6.17. The zero-order valence-electron chi connectivity index (χ0n) is 9.65. The first-order valence-electron chi connectivity index (χ1n) is 5.30. The van der Waals surface area contributed by atoms with Gasteiger partial charge >= 0.3 is 0 Å². The minimum atomic E-state index is 0.817. The van der Waals surface area contributed by atoms with E-state index in [4.69, 9.17) is 11.6 Å². The van der Waals surface area contributed by atoms with E-state index in [1.807, 2.05) is 13.1 Å². The van der Waals surface area contributed by atoms with Gasteiger partial charge in [0.2, 0.25) is 0 Å². The second kappa shape index (κ2) is 5.99. The summed E-state index contributed by atoms with van der Waals surface area (Å²) in [5.74, 6) is 0. The number of hydrogen-bond donors (Lipinski definition) is 2. The van der Waals surface area contributed by atoms with E-state index in [0.29, 0.717) is 0 Å². The predicted octanol–water partition coefficient (Wildman–Crippen LogP) is 2.98. The van der Waals surface area contributed by atoms with E-state index < -0.39 is 0 Å². The smallest absolute Gasteiger partial charge is 0.0642 e. The molecule has 1 aromatic carbocycles. The summed E-state index contributed by atoms with van der Waals surface area (Å²) in [7, 11) is 1.96. The van der Waals surface area contributed by atoms with Crippen LogP contribution >= 0.6 is 11.6 Å². The Hall–Kier alpha value is -0.730. The fourth-order valence-corrected chi connectivity index (χ4v) is 2.01. The highest BCUT2D eigenvalue weighted by Gasteiger charge is 2.03. The van der Waals surface area contributed by atoms with Gasteiger partial charge < -0.3 is 10.6 Å². The standard InChI is InChI=1S/C12H19ClN2/c1-9-7-10(2)12(11(13)8-9)15-6-4-5-14-3/h7-8,14-15H,4-6H2,1-3H3. The van der Waals surface area contributed by atoms with Crippen LogP contribution in [-0.2, 0) is 0 Å². The molecule has 0 heterocycles.